The number of hydrogen-bond donors (Lipinski definition) is 1. The van der Waals surface area contributed by atoms with E-state index >= 15 is 0 Å². The molecule has 1 N–H and O–H groups in total. The second-order valence-electron chi connectivity index (χ2n) is 9.30. The molecule has 5 nitrogen and oxygen atoms in total. The summed E-state index contributed by atoms with van der Waals surface area (Å²) in [4.78, 5) is 17.1. The Morgan fingerprint density at radius 3 is 2.41 bits per heavy atom. The van der Waals surface area contributed by atoms with Gasteiger partial charge in [-0.2, -0.15) is 0 Å². The van der Waals surface area contributed by atoms with Crippen LogP contribution in [-0.2, 0) is 18.4 Å². The number of rotatable bonds is 8. The summed E-state index contributed by atoms with van der Waals surface area (Å²) in [5.41, 5.74) is 3.76. The molecule has 1 heterocycles. The summed E-state index contributed by atoms with van der Waals surface area (Å²) >= 11 is 0. The maximum Gasteiger partial charge on any atom is 0.251 e. The molecule has 0 aliphatic rings. The molecule has 176 valence electrons. The van der Waals surface area contributed by atoms with Crippen molar-refractivity contribution in [3.8, 4) is 5.75 Å². The van der Waals surface area contributed by atoms with Crippen LogP contribution < -0.4 is 10.1 Å². The van der Waals surface area contributed by atoms with E-state index in [0.717, 1.165) is 22.6 Å². The van der Waals surface area contributed by atoms with Gasteiger partial charge in [-0.15, -0.1) is 0 Å². The highest BCUT2D eigenvalue weighted by molar-refractivity contribution is 5.94. The van der Waals surface area contributed by atoms with Crippen molar-refractivity contribution in [1.82, 2.24) is 14.9 Å². The number of para-hydroxylation sites is 2. The van der Waals surface area contributed by atoms with Crippen LogP contribution in [0.2, 0.25) is 0 Å². The second-order valence-corrected chi connectivity index (χ2v) is 9.30. The number of nitrogens with one attached hydrogen (secondary N) is 1. The average molecular weight is 460 g/mol. The molecule has 1 aromatic heterocycles. The van der Waals surface area contributed by atoms with Crippen LogP contribution in [0.5, 0.6) is 5.75 Å². The first kappa shape index (κ1) is 23.5. The number of aromatic nitrogens is 2. The Morgan fingerprint density at radius 2 is 1.71 bits per heavy atom. The van der Waals surface area contributed by atoms with Crippen LogP contribution in [0.4, 0.5) is 4.39 Å². The molecule has 34 heavy (non-hydrogen) atoms. The molecule has 0 spiro atoms. The predicted molar refractivity (Wildman–Crippen MR) is 133 cm³/mol. The third-order valence-corrected chi connectivity index (χ3v) is 5.78. The van der Waals surface area contributed by atoms with Crippen molar-refractivity contribution < 1.29 is 13.9 Å². The minimum Gasteiger partial charge on any atom is -0.492 e. The van der Waals surface area contributed by atoms with Crippen LogP contribution in [-0.4, -0.2) is 28.6 Å². The van der Waals surface area contributed by atoms with Gasteiger partial charge in [0, 0.05) is 18.5 Å². The highest BCUT2D eigenvalue weighted by Crippen LogP contribution is 2.24. The smallest absolute Gasteiger partial charge is 0.251 e. The van der Waals surface area contributed by atoms with E-state index in [9.17, 15) is 9.18 Å². The zero-order valence-electron chi connectivity index (χ0n) is 19.8. The van der Waals surface area contributed by atoms with Gasteiger partial charge in [0.05, 0.1) is 17.6 Å². The zero-order valence-corrected chi connectivity index (χ0v) is 19.8. The normalized spacial score (nSPS) is 11.5. The van der Waals surface area contributed by atoms with Crippen molar-refractivity contribution in [2.45, 2.75) is 39.2 Å². The van der Waals surface area contributed by atoms with Crippen LogP contribution in [0.3, 0.4) is 0 Å². The number of nitrogens with zero attached hydrogens (tertiary/aromatic N) is 2. The molecule has 6 heteroatoms. The molecule has 0 unspecified atom stereocenters. The van der Waals surface area contributed by atoms with E-state index in [1.807, 2.05) is 36.4 Å². The highest BCUT2D eigenvalue weighted by Gasteiger charge is 2.14. The molecule has 3 aromatic carbocycles. The topological polar surface area (TPSA) is 56.1 Å². The van der Waals surface area contributed by atoms with Gasteiger partial charge in [-0.3, -0.25) is 4.79 Å². The van der Waals surface area contributed by atoms with Gasteiger partial charge in [-0.1, -0.05) is 45.0 Å². The number of carbonyl (C=O) groups is 1. The van der Waals surface area contributed by atoms with Gasteiger partial charge in [0.1, 0.15) is 24.0 Å². The lowest BCUT2D eigenvalue weighted by Gasteiger charge is -2.19. The summed E-state index contributed by atoms with van der Waals surface area (Å²) in [7, 11) is 0. The lowest BCUT2D eigenvalue weighted by Crippen LogP contribution is -2.26. The Labute approximate surface area is 199 Å². The fourth-order valence-electron chi connectivity index (χ4n) is 3.86. The molecule has 0 atom stereocenters. The molecular formula is C28H30FN3O2. The SMILES string of the molecule is CC(C)(C)c1ccc(OCCn2c(CCNC(=O)c3ccc(F)cc3)nc3ccccc32)cc1. The fourth-order valence-corrected chi connectivity index (χ4v) is 3.86. The number of carbonyl (C=O) groups excluding carboxylic acids is 1. The molecule has 0 fully saturated rings. The van der Waals surface area contributed by atoms with E-state index in [-0.39, 0.29) is 17.1 Å². The van der Waals surface area contributed by atoms with Crippen molar-refractivity contribution in [2.75, 3.05) is 13.2 Å². The van der Waals surface area contributed by atoms with E-state index in [1.165, 1.54) is 29.8 Å². The van der Waals surface area contributed by atoms with Crippen molar-refractivity contribution >= 4 is 16.9 Å². The second kappa shape index (κ2) is 10.1. The maximum absolute atomic E-state index is 13.1. The standard InChI is InChI=1S/C28H30FN3O2/c1-28(2,3)21-10-14-23(15-11-21)34-19-18-32-25-7-5-4-6-24(25)31-26(32)16-17-30-27(33)20-8-12-22(29)13-9-20/h4-15H,16-19H2,1-3H3,(H,30,33). The summed E-state index contributed by atoms with van der Waals surface area (Å²) in [6.07, 6.45) is 0.571. The average Bonchev–Trinajstić information content (AvgIpc) is 3.16. The summed E-state index contributed by atoms with van der Waals surface area (Å²) in [5, 5.41) is 2.89. The van der Waals surface area contributed by atoms with Gasteiger partial charge < -0.3 is 14.6 Å². The minimum absolute atomic E-state index is 0.106. The third kappa shape index (κ3) is 5.63. The predicted octanol–water partition coefficient (Wildman–Crippen LogP) is 5.52. The number of halogens is 1. The van der Waals surface area contributed by atoms with E-state index in [2.05, 4.69) is 42.8 Å². The Morgan fingerprint density at radius 1 is 1.00 bits per heavy atom. The fraction of sp³-hybridized carbons (Fsp3) is 0.286. The van der Waals surface area contributed by atoms with E-state index in [1.54, 1.807) is 0 Å². The molecule has 0 bridgehead atoms. The Bertz CT molecular complexity index is 1260. The van der Waals surface area contributed by atoms with Crippen LogP contribution in [0.1, 0.15) is 42.5 Å². The summed E-state index contributed by atoms with van der Waals surface area (Å²) < 4.78 is 21.2. The van der Waals surface area contributed by atoms with Crippen molar-refractivity contribution in [3.63, 3.8) is 0 Å². The molecular weight excluding hydrogens is 429 g/mol. The van der Waals surface area contributed by atoms with Gasteiger partial charge in [0.15, 0.2) is 0 Å². The number of imidazole rings is 1. The van der Waals surface area contributed by atoms with Gasteiger partial charge in [0.2, 0.25) is 0 Å². The highest BCUT2D eigenvalue weighted by atomic mass is 19.1. The lowest BCUT2D eigenvalue weighted by molar-refractivity contribution is 0.0954. The van der Waals surface area contributed by atoms with Crippen LogP contribution in [0, 0.1) is 5.82 Å². The van der Waals surface area contributed by atoms with E-state index in [0.29, 0.717) is 31.7 Å². The molecule has 0 aliphatic carbocycles. The van der Waals surface area contributed by atoms with Crippen molar-refractivity contribution in [3.05, 3.63) is 95.6 Å². The number of ether oxygens (including phenoxy) is 1. The number of amides is 1. The van der Waals surface area contributed by atoms with Gasteiger partial charge >= 0.3 is 0 Å². The number of fused-ring (bicyclic) bond motifs is 1. The van der Waals surface area contributed by atoms with Crippen LogP contribution >= 0.6 is 0 Å². The lowest BCUT2D eigenvalue weighted by atomic mass is 9.87. The molecule has 0 saturated carbocycles. The first-order valence-corrected chi connectivity index (χ1v) is 11.5. The minimum atomic E-state index is -0.363. The molecule has 4 aromatic rings. The largest absolute Gasteiger partial charge is 0.492 e. The monoisotopic (exact) mass is 459 g/mol. The zero-order chi connectivity index (χ0) is 24.1. The van der Waals surface area contributed by atoms with Gasteiger partial charge in [-0.25, -0.2) is 9.37 Å². The third-order valence-electron chi connectivity index (χ3n) is 5.78. The van der Waals surface area contributed by atoms with Gasteiger partial charge in [-0.05, 0) is 59.5 Å². The molecule has 4 rings (SSSR count). The first-order valence-electron chi connectivity index (χ1n) is 11.5. The first-order chi connectivity index (χ1) is 16.3. The summed E-state index contributed by atoms with van der Waals surface area (Å²) in [6, 6.07) is 21.7. The van der Waals surface area contributed by atoms with E-state index < -0.39 is 0 Å². The number of hydrogen-bond acceptors (Lipinski definition) is 3. The molecule has 1 amide bonds. The Kier molecular flexibility index (Phi) is 6.96. The Balaban J connectivity index is 1.39. The van der Waals surface area contributed by atoms with Gasteiger partial charge in [0.25, 0.3) is 5.91 Å². The molecule has 0 radical (unpaired) electrons. The van der Waals surface area contributed by atoms with Crippen molar-refractivity contribution in [1.29, 1.82) is 0 Å². The summed E-state index contributed by atoms with van der Waals surface area (Å²) in [6.45, 7) is 8.14. The van der Waals surface area contributed by atoms with E-state index in [4.69, 9.17) is 9.72 Å². The molecule has 0 aliphatic heterocycles. The van der Waals surface area contributed by atoms with Crippen LogP contribution in [0.15, 0.2) is 72.8 Å². The maximum atomic E-state index is 13.1. The summed E-state index contributed by atoms with van der Waals surface area (Å²) in [5.74, 6) is 1.13. The van der Waals surface area contributed by atoms with Crippen molar-refractivity contribution in [2.24, 2.45) is 0 Å². The number of benzene rings is 3. The molecule has 0 saturated heterocycles. The Hall–Kier alpha value is -3.67. The van der Waals surface area contributed by atoms with Crippen LogP contribution in [0.25, 0.3) is 11.0 Å². The quantitative estimate of drug-likeness (QED) is 0.377.